The van der Waals surface area contributed by atoms with Crippen molar-refractivity contribution >= 4 is 17.9 Å². The summed E-state index contributed by atoms with van der Waals surface area (Å²) in [4.78, 5) is 38.5. The third kappa shape index (κ3) is 69.0. The zero-order valence-electron chi connectivity index (χ0n) is 54.9. The van der Waals surface area contributed by atoms with E-state index in [9.17, 15) is 14.4 Å². The minimum absolute atomic E-state index is 0.0902. The second kappa shape index (κ2) is 70.8. The van der Waals surface area contributed by atoms with E-state index in [2.05, 4.69) is 118 Å². The number of carbonyl (C=O) groups excluding carboxylic acids is 3. The molecule has 0 aliphatic heterocycles. The van der Waals surface area contributed by atoms with Gasteiger partial charge in [0.05, 0.1) is 0 Å². The van der Waals surface area contributed by atoms with Crippen LogP contribution in [0.1, 0.15) is 355 Å². The summed E-state index contributed by atoms with van der Waals surface area (Å²) in [6.45, 7) is 6.53. The fourth-order valence-corrected chi connectivity index (χ4v) is 10.2. The van der Waals surface area contributed by atoms with Gasteiger partial charge in [0, 0.05) is 19.3 Å². The molecule has 0 radical (unpaired) electrons. The lowest BCUT2D eigenvalue weighted by Crippen LogP contribution is -2.30. The minimum atomic E-state index is -0.799. The van der Waals surface area contributed by atoms with E-state index in [0.717, 1.165) is 135 Å². The van der Waals surface area contributed by atoms with Crippen LogP contribution in [0, 0.1) is 0 Å². The van der Waals surface area contributed by atoms with E-state index < -0.39 is 6.10 Å². The lowest BCUT2D eigenvalue weighted by atomic mass is 10.0. The molecule has 6 heteroatoms. The van der Waals surface area contributed by atoms with Crippen LogP contribution >= 0.6 is 0 Å². The van der Waals surface area contributed by atoms with Gasteiger partial charge >= 0.3 is 17.9 Å². The Kier molecular flexibility index (Phi) is 67.7. The maximum atomic E-state index is 13.0. The number of ether oxygens (including phenoxy) is 3. The third-order valence-corrected chi connectivity index (χ3v) is 15.6. The first-order chi connectivity index (χ1) is 41.0. The molecular weight excluding hydrogens is 1020 g/mol. The number of hydrogen-bond donors (Lipinski definition) is 0. The molecule has 0 fully saturated rings. The van der Waals surface area contributed by atoms with Gasteiger partial charge in [-0.15, -0.1) is 0 Å². The number of hydrogen-bond acceptors (Lipinski definition) is 6. The molecule has 0 amide bonds. The van der Waals surface area contributed by atoms with Crippen LogP contribution in [-0.4, -0.2) is 37.2 Å². The lowest BCUT2D eigenvalue weighted by Gasteiger charge is -2.18. The van der Waals surface area contributed by atoms with E-state index >= 15 is 0 Å². The summed E-state index contributed by atoms with van der Waals surface area (Å²) in [7, 11) is 0. The Balaban J connectivity index is 4.37. The summed E-state index contributed by atoms with van der Waals surface area (Å²) in [6.07, 6.45) is 95.8. The van der Waals surface area contributed by atoms with Crippen LogP contribution in [0.25, 0.3) is 0 Å². The van der Waals surface area contributed by atoms with Crippen molar-refractivity contribution in [1.82, 2.24) is 0 Å². The van der Waals surface area contributed by atoms with Gasteiger partial charge in [0.2, 0.25) is 0 Å². The topological polar surface area (TPSA) is 78.9 Å². The first-order valence-corrected chi connectivity index (χ1v) is 35.7. The molecule has 6 nitrogen and oxygen atoms in total. The number of carbonyl (C=O) groups is 3. The van der Waals surface area contributed by atoms with Gasteiger partial charge in [-0.25, -0.2) is 0 Å². The Hall–Kier alpha value is -3.67. The predicted molar refractivity (Wildman–Crippen MR) is 362 cm³/mol. The molecule has 0 aliphatic rings. The third-order valence-electron chi connectivity index (χ3n) is 15.6. The quantitative estimate of drug-likeness (QED) is 0.0261. The van der Waals surface area contributed by atoms with Crippen molar-refractivity contribution in [2.75, 3.05) is 13.2 Å². The van der Waals surface area contributed by atoms with Crippen molar-refractivity contribution in [3.8, 4) is 0 Å². The van der Waals surface area contributed by atoms with Crippen LogP contribution in [0.2, 0.25) is 0 Å². The minimum Gasteiger partial charge on any atom is -0.462 e. The first kappa shape index (κ1) is 79.3. The summed E-state index contributed by atoms with van der Waals surface area (Å²) >= 11 is 0. The molecule has 0 saturated carbocycles. The smallest absolute Gasteiger partial charge is 0.306 e. The monoisotopic (exact) mass is 1160 g/mol. The van der Waals surface area contributed by atoms with E-state index in [1.807, 2.05) is 0 Å². The molecule has 1 atom stereocenters. The van der Waals surface area contributed by atoms with Crippen LogP contribution in [0.5, 0.6) is 0 Å². The number of rotatable bonds is 65. The van der Waals surface area contributed by atoms with E-state index in [0.29, 0.717) is 19.3 Å². The Morgan fingerprint density at radius 1 is 0.253 bits per heavy atom. The average molecular weight is 1160 g/mol. The van der Waals surface area contributed by atoms with Gasteiger partial charge < -0.3 is 14.2 Å². The van der Waals surface area contributed by atoms with Crippen LogP contribution in [-0.2, 0) is 28.6 Å². The largest absolute Gasteiger partial charge is 0.462 e. The molecule has 0 rings (SSSR count). The number of allylic oxidation sites excluding steroid dienone is 16. The molecule has 0 aromatic rings. The Morgan fingerprint density at radius 3 is 0.747 bits per heavy atom. The standard InChI is InChI=1S/C77H134O6/c1-4-7-10-13-16-19-22-25-28-31-33-35-37-38-39-41-42-44-46-49-52-55-58-61-64-67-70-76(79)82-73-74(72-81-75(78)69-66-63-60-57-54-51-48-30-27-24-21-18-15-12-9-6-3)83-77(80)71-68-65-62-59-56-53-50-47-45-43-40-36-34-32-29-26-23-20-17-14-11-8-5-2/h8,11,17,20-21,24,26,29-30,34,36,43,45,48,50,53,74H,4-7,9-10,12-16,18-19,22-23,25,27-28,31-33,35,37-42,44,46-47,49,51-52,54-73H2,1-3H3/b11-8-,20-17-,24-21-,29-26-,36-34-,45-43-,48-30-,53-50-. The zero-order valence-corrected chi connectivity index (χ0v) is 54.9. The fourth-order valence-electron chi connectivity index (χ4n) is 10.2. The molecule has 0 aromatic heterocycles. The molecule has 0 aromatic carbocycles. The van der Waals surface area contributed by atoms with Crippen LogP contribution < -0.4 is 0 Å². The molecule has 83 heavy (non-hydrogen) atoms. The highest BCUT2D eigenvalue weighted by Gasteiger charge is 2.19. The maximum Gasteiger partial charge on any atom is 0.306 e. The first-order valence-electron chi connectivity index (χ1n) is 35.7. The Bertz CT molecular complexity index is 1610. The highest BCUT2D eigenvalue weighted by Crippen LogP contribution is 2.18. The van der Waals surface area contributed by atoms with Gasteiger partial charge in [-0.1, -0.05) is 330 Å². The highest BCUT2D eigenvalue weighted by molar-refractivity contribution is 5.71. The normalized spacial score (nSPS) is 12.7. The molecule has 0 spiro atoms. The molecule has 0 N–H and O–H groups in total. The summed E-state index contributed by atoms with van der Waals surface area (Å²) in [5, 5.41) is 0. The summed E-state index contributed by atoms with van der Waals surface area (Å²) < 4.78 is 17.0. The second-order valence-corrected chi connectivity index (χ2v) is 23.8. The molecule has 0 bridgehead atoms. The van der Waals surface area contributed by atoms with Gasteiger partial charge in [-0.3, -0.25) is 14.4 Å². The number of esters is 3. The highest BCUT2D eigenvalue weighted by atomic mass is 16.6. The number of unbranched alkanes of at least 4 members (excludes halogenated alkanes) is 38. The van der Waals surface area contributed by atoms with E-state index in [4.69, 9.17) is 14.2 Å². The SMILES string of the molecule is CC/C=C\C/C=C\C/C=C\C/C=C\C/C=C\C/C=C\CCCCCCC(=O)OC(COC(=O)CCCCCCC/C=C\C/C=C\CCCCCC)COC(=O)CCCCCCCCCCCCCCCCCCCCCCCCCCCC. The van der Waals surface area contributed by atoms with Crippen molar-refractivity contribution in [2.24, 2.45) is 0 Å². The lowest BCUT2D eigenvalue weighted by molar-refractivity contribution is -0.167. The van der Waals surface area contributed by atoms with Gasteiger partial charge in [0.15, 0.2) is 6.10 Å². The zero-order chi connectivity index (χ0) is 59.9. The van der Waals surface area contributed by atoms with Crippen LogP contribution in [0.3, 0.4) is 0 Å². The Labute approximate surface area is 515 Å². The van der Waals surface area contributed by atoms with E-state index in [1.165, 1.54) is 180 Å². The molecule has 0 heterocycles. The van der Waals surface area contributed by atoms with E-state index in [1.54, 1.807) is 0 Å². The summed E-state index contributed by atoms with van der Waals surface area (Å²) in [6, 6.07) is 0. The molecule has 478 valence electrons. The van der Waals surface area contributed by atoms with Gasteiger partial charge in [0.1, 0.15) is 13.2 Å². The Morgan fingerprint density at radius 2 is 0.470 bits per heavy atom. The summed E-state index contributed by atoms with van der Waals surface area (Å²) in [5.41, 5.74) is 0. The van der Waals surface area contributed by atoms with Gasteiger partial charge in [0.25, 0.3) is 0 Å². The molecule has 1 unspecified atom stereocenters. The van der Waals surface area contributed by atoms with Crippen LogP contribution in [0.15, 0.2) is 97.2 Å². The molecule has 0 saturated heterocycles. The maximum absolute atomic E-state index is 13.0. The molecular formula is C77H134O6. The van der Waals surface area contributed by atoms with Crippen molar-refractivity contribution in [3.05, 3.63) is 97.2 Å². The van der Waals surface area contributed by atoms with Gasteiger partial charge in [-0.2, -0.15) is 0 Å². The van der Waals surface area contributed by atoms with Crippen molar-refractivity contribution in [2.45, 2.75) is 361 Å². The predicted octanol–water partition coefficient (Wildman–Crippen LogP) is 24.8. The molecule has 0 aliphatic carbocycles. The fraction of sp³-hybridized carbons (Fsp3) is 0.753. The van der Waals surface area contributed by atoms with Gasteiger partial charge in [-0.05, 0) is 103 Å². The summed E-state index contributed by atoms with van der Waals surface area (Å²) in [5.74, 6) is -0.913. The average Bonchev–Trinajstić information content (AvgIpc) is 3.50. The van der Waals surface area contributed by atoms with Crippen molar-refractivity contribution in [3.63, 3.8) is 0 Å². The van der Waals surface area contributed by atoms with Crippen molar-refractivity contribution < 1.29 is 28.6 Å². The van der Waals surface area contributed by atoms with Crippen molar-refractivity contribution in [1.29, 1.82) is 0 Å². The second-order valence-electron chi connectivity index (χ2n) is 23.8. The van der Waals surface area contributed by atoms with E-state index in [-0.39, 0.29) is 31.1 Å². The van der Waals surface area contributed by atoms with Crippen LogP contribution in [0.4, 0.5) is 0 Å².